The average Bonchev–Trinajstić information content (AvgIpc) is 2.41. The molecule has 0 aliphatic rings. The molecule has 0 N–H and O–H groups in total. The molecular weight excluding hydrogens is 319 g/mol. The van der Waals surface area contributed by atoms with Gasteiger partial charge in [-0.05, 0) is 11.6 Å². The molecule has 0 fully saturated rings. The van der Waals surface area contributed by atoms with E-state index in [1.165, 1.54) is 24.4 Å². The van der Waals surface area contributed by atoms with Gasteiger partial charge < -0.3 is 4.74 Å². The molecule has 0 amide bonds. The van der Waals surface area contributed by atoms with Gasteiger partial charge in [-0.3, -0.25) is 10.1 Å². The van der Waals surface area contributed by atoms with Crippen LogP contribution in [0.25, 0.3) is 0 Å². The lowest BCUT2D eigenvalue weighted by atomic mass is 10.3. The summed E-state index contributed by atoms with van der Waals surface area (Å²) in [5, 5.41) is 11.4. The molecule has 19 heavy (non-hydrogen) atoms. The molecule has 0 unspecified atom stereocenters. The van der Waals surface area contributed by atoms with Crippen LogP contribution in [0.1, 0.15) is 5.56 Å². The van der Waals surface area contributed by atoms with Crippen molar-refractivity contribution in [1.29, 1.82) is 0 Å². The molecule has 0 atom stereocenters. The van der Waals surface area contributed by atoms with Crippen LogP contribution in [-0.2, 0) is 5.33 Å². The summed E-state index contributed by atoms with van der Waals surface area (Å²) >= 11 is 3.26. The minimum atomic E-state index is -0.805. The molecule has 0 saturated carbocycles. The number of benzene rings is 1. The van der Waals surface area contributed by atoms with Gasteiger partial charge in [0.05, 0.1) is 4.92 Å². The Labute approximate surface area is 116 Å². The third-order valence-corrected chi connectivity index (χ3v) is 2.95. The van der Waals surface area contributed by atoms with Crippen molar-refractivity contribution in [2.24, 2.45) is 0 Å². The van der Waals surface area contributed by atoms with Crippen LogP contribution in [0.3, 0.4) is 0 Å². The standard InChI is InChI=1S/C12H8BrFN2O3/c13-6-8-4-5-11(15-7-8)19-12-9(14)2-1-3-10(12)16(17)18/h1-5,7H,6H2. The molecule has 2 aromatic rings. The van der Waals surface area contributed by atoms with Gasteiger partial charge in [-0.15, -0.1) is 0 Å². The van der Waals surface area contributed by atoms with Crippen LogP contribution in [-0.4, -0.2) is 9.91 Å². The second-order valence-corrected chi connectivity index (χ2v) is 4.15. The minimum Gasteiger partial charge on any atom is -0.429 e. The molecule has 7 heteroatoms. The number of nitro benzene ring substituents is 1. The zero-order valence-electron chi connectivity index (χ0n) is 9.55. The smallest absolute Gasteiger partial charge is 0.314 e. The van der Waals surface area contributed by atoms with Crippen molar-refractivity contribution in [2.75, 3.05) is 0 Å². The summed E-state index contributed by atoms with van der Waals surface area (Å²) < 4.78 is 18.7. The highest BCUT2D eigenvalue weighted by molar-refractivity contribution is 9.08. The number of alkyl halides is 1. The average molecular weight is 327 g/mol. The number of hydrogen-bond acceptors (Lipinski definition) is 4. The Morgan fingerprint density at radius 2 is 2.16 bits per heavy atom. The number of pyridine rings is 1. The van der Waals surface area contributed by atoms with E-state index >= 15 is 0 Å². The fourth-order valence-electron chi connectivity index (χ4n) is 1.40. The molecule has 2 rings (SSSR count). The van der Waals surface area contributed by atoms with Gasteiger partial charge in [0, 0.05) is 23.7 Å². The molecule has 0 aliphatic heterocycles. The maximum absolute atomic E-state index is 13.6. The molecule has 98 valence electrons. The highest BCUT2D eigenvalue weighted by Gasteiger charge is 2.20. The molecule has 1 aromatic carbocycles. The van der Waals surface area contributed by atoms with Gasteiger partial charge in [-0.1, -0.05) is 28.1 Å². The second kappa shape index (κ2) is 5.75. The quantitative estimate of drug-likeness (QED) is 0.486. The Bertz CT molecular complexity index is 604. The van der Waals surface area contributed by atoms with Crippen molar-refractivity contribution in [3.63, 3.8) is 0 Å². The Morgan fingerprint density at radius 3 is 2.74 bits per heavy atom. The highest BCUT2D eigenvalue weighted by atomic mass is 79.9. The van der Waals surface area contributed by atoms with Gasteiger partial charge in [0.1, 0.15) is 0 Å². The van der Waals surface area contributed by atoms with E-state index < -0.39 is 22.2 Å². The van der Waals surface area contributed by atoms with E-state index in [9.17, 15) is 14.5 Å². The molecule has 0 aliphatic carbocycles. The summed E-state index contributed by atoms with van der Waals surface area (Å²) in [5.74, 6) is -1.15. The first-order valence-electron chi connectivity index (χ1n) is 5.23. The number of rotatable bonds is 4. The fourth-order valence-corrected chi connectivity index (χ4v) is 1.73. The number of halogens is 2. The largest absolute Gasteiger partial charge is 0.429 e. The van der Waals surface area contributed by atoms with Gasteiger partial charge in [-0.25, -0.2) is 9.37 Å². The van der Waals surface area contributed by atoms with E-state index in [1.807, 2.05) is 0 Å². The SMILES string of the molecule is O=[N+]([O-])c1cccc(F)c1Oc1ccc(CBr)cn1. The lowest BCUT2D eigenvalue weighted by Gasteiger charge is -2.06. The predicted molar refractivity (Wildman–Crippen MR) is 70.0 cm³/mol. The van der Waals surface area contributed by atoms with Crippen molar-refractivity contribution in [2.45, 2.75) is 5.33 Å². The van der Waals surface area contributed by atoms with Crippen LogP contribution in [0.4, 0.5) is 10.1 Å². The third kappa shape index (κ3) is 3.05. The Hall–Kier alpha value is -2.02. The highest BCUT2D eigenvalue weighted by Crippen LogP contribution is 2.32. The van der Waals surface area contributed by atoms with E-state index in [0.29, 0.717) is 5.33 Å². The summed E-state index contributed by atoms with van der Waals surface area (Å²) in [5.41, 5.74) is 0.474. The number of nitrogens with zero attached hydrogens (tertiary/aromatic N) is 2. The van der Waals surface area contributed by atoms with E-state index in [4.69, 9.17) is 4.74 Å². The first-order valence-corrected chi connectivity index (χ1v) is 6.35. The van der Waals surface area contributed by atoms with Crippen LogP contribution in [0.15, 0.2) is 36.5 Å². The molecule has 5 nitrogen and oxygen atoms in total. The molecule has 1 aromatic heterocycles. The van der Waals surface area contributed by atoms with Crippen LogP contribution in [0, 0.1) is 15.9 Å². The maximum Gasteiger partial charge on any atom is 0.314 e. The number of nitro groups is 1. The van der Waals surface area contributed by atoms with Gasteiger partial charge in [-0.2, -0.15) is 0 Å². The topological polar surface area (TPSA) is 65.3 Å². The summed E-state index contributed by atoms with van der Waals surface area (Å²) in [6, 6.07) is 6.76. The van der Waals surface area contributed by atoms with Gasteiger partial charge in [0.15, 0.2) is 5.82 Å². The van der Waals surface area contributed by atoms with Gasteiger partial charge >= 0.3 is 5.69 Å². The normalized spacial score (nSPS) is 10.2. The van der Waals surface area contributed by atoms with Crippen LogP contribution < -0.4 is 4.74 Å². The summed E-state index contributed by atoms with van der Waals surface area (Å²) in [7, 11) is 0. The van der Waals surface area contributed by atoms with Crippen LogP contribution >= 0.6 is 15.9 Å². The molecular formula is C12H8BrFN2O3. The lowest BCUT2D eigenvalue weighted by molar-refractivity contribution is -0.385. The summed E-state index contributed by atoms with van der Waals surface area (Å²) in [4.78, 5) is 14.0. The van der Waals surface area contributed by atoms with E-state index in [1.54, 1.807) is 6.07 Å². The first-order chi connectivity index (χ1) is 9.11. The predicted octanol–water partition coefficient (Wildman–Crippen LogP) is 3.82. The zero-order valence-corrected chi connectivity index (χ0v) is 11.1. The van der Waals surface area contributed by atoms with Crippen LogP contribution in [0.5, 0.6) is 11.6 Å². The van der Waals surface area contributed by atoms with E-state index in [0.717, 1.165) is 11.6 Å². The second-order valence-electron chi connectivity index (χ2n) is 3.59. The molecule has 1 heterocycles. The van der Waals surface area contributed by atoms with Crippen LogP contribution in [0.2, 0.25) is 0 Å². The number of ether oxygens (including phenoxy) is 1. The maximum atomic E-state index is 13.6. The van der Waals surface area contributed by atoms with Crippen molar-refractivity contribution in [3.05, 3.63) is 58.0 Å². The van der Waals surface area contributed by atoms with Crippen molar-refractivity contribution < 1.29 is 14.1 Å². The van der Waals surface area contributed by atoms with E-state index in [-0.39, 0.29) is 5.88 Å². The minimum absolute atomic E-state index is 0.0953. The Balaban J connectivity index is 2.34. The monoisotopic (exact) mass is 326 g/mol. The number of para-hydroxylation sites is 1. The Morgan fingerprint density at radius 1 is 1.37 bits per heavy atom. The van der Waals surface area contributed by atoms with Crippen molar-refractivity contribution in [1.82, 2.24) is 4.98 Å². The van der Waals surface area contributed by atoms with E-state index in [2.05, 4.69) is 20.9 Å². The first kappa shape index (κ1) is 13.4. The Kier molecular flexibility index (Phi) is 4.06. The third-order valence-electron chi connectivity index (χ3n) is 2.30. The fraction of sp³-hybridized carbons (Fsp3) is 0.0833. The summed E-state index contributed by atoms with van der Waals surface area (Å²) in [6.07, 6.45) is 1.54. The lowest BCUT2D eigenvalue weighted by Crippen LogP contribution is -1.97. The molecule has 0 saturated heterocycles. The zero-order chi connectivity index (χ0) is 13.8. The summed E-state index contributed by atoms with van der Waals surface area (Å²) in [6.45, 7) is 0. The van der Waals surface area contributed by atoms with Crippen molar-refractivity contribution in [3.8, 4) is 11.6 Å². The molecule has 0 spiro atoms. The molecule has 0 radical (unpaired) electrons. The van der Waals surface area contributed by atoms with Gasteiger partial charge in [0.25, 0.3) is 0 Å². The number of hydrogen-bond donors (Lipinski definition) is 0. The van der Waals surface area contributed by atoms with Gasteiger partial charge in [0.2, 0.25) is 11.6 Å². The van der Waals surface area contributed by atoms with Crippen molar-refractivity contribution >= 4 is 21.6 Å². The molecule has 0 bridgehead atoms. The number of aromatic nitrogens is 1.